The number of benzene rings is 1. The molecule has 6 nitrogen and oxygen atoms in total. The molecule has 1 aromatic rings. The number of amides is 2. The highest BCUT2D eigenvalue weighted by Gasteiger charge is 2.37. The van der Waals surface area contributed by atoms with E-state index < -0.39 is 5.92 Å². The monoisotopic (exact) mass is 366 g/mol. The molecule has 1 atom stereocenters. The normalized spacial score (nSPS) is 16.8. The number of rotatable bonds is 8. The molecule has 25 heavy (non-hydrogen) atoms. The fourth-order valence-electron chi connectivity index (χ4n) is 2.81. The minimum atomic E-state index is -0.634. The number of unbranched alkanes of at least 4 members (excludes halogenated alkanes) is 2. The Kier molecular flexibility index (Phi) is 7.25. The van der Waals surface area contributed by atoms with Gasteiger partial charge in [-0.2, -0.15) is 0 Å². The predicted molar refractivity (Wildman–Crippen MR) is 95.4 cm³/mol. The molecular weight excluding hydrogens is 344 g/mol. The van der Waals surface area contributed by atoms with E-state index in [2.05, 4.69) is 10.1 Å². The fraction of sp³-hybridized carbons (Fsp3) is 0.500. The second-order valence-corrected chi connectivity index (χ2v) is 6.42. The Morgan fingerprint density at radius 3 is 2.64 bits per heavy atom. The third kappa shape index (κ3) is 5.46. The maximum Gasteiger partial charge on any atom is 0.305 e. The summed E-state index contributed by atoms with van der Waals surface area (Å²) >= 11 is 5.86. The van der Waals surface area contributed by atoms with Crippen molar-refractivity contribution in [2.45, 2.75) is 32.1 Å². The smallest absolute Gasteiger partial charge is 0.305 e. The molecule has 0 radical (unpaired) electrons. The fourth-order valence-corrected chi connectivity index (χ4v) is 2.93. The summed E-state index contributed by atoms with van der Waals surface area (Å²) < 4.78 is 4.57. The lowest BCUT2D eigenvalue weighted by Gasteiger charge is -2.16. The molecule has 2 amide bonds. The molecule has 0 spiro atoms. The molecule has 1 fully saturated rings. The summed E-state index contributed by atoms with van der Waals surface area (Å²) in [6.45, 7) is 1.03. The first-order valence-electron chi connectivity index (χ1n) is 8.44. The molecule has 0 saturated carbocycles. The molecule has 136 valence electrons. The molecule has 1 saturated heterocycles. The summed E-state index contributed by atoms with van der Waals surface area (Å²) in [5.41, 5.74) is 0.757. The minimum Gasteiger partial charge on any atom is -0.469 e. The van der Waals surface area contributed by atoms with Crippen LogP contribution in [0, 0.1) is 5.92 Å². The lowest BCUT2D eigenvalue weighted by molar-refractivity contribution is -0.140. The van der Waals surface area contributed by atoms with Crippen molar-refractivity contribution in [1.29, 1.82) is 0 Å². The Morgan fingerprint density at radius 1 is 1.24 bits per heavy atom. The van der Waals surface area contributed by atoms with Crippen LogP contribution < -0.4 is 10.2 Å². The Morgan fingerprint density at radius 2 is 1.96 bits per heavy atom. The largest absolute Gasteiger partial charge is 0.469 e. The first-order valence-corrected chi connectivity index (χ1v) is 8.82. The van der Waals surface area contributed by atoms with E-state index in [-0.39, 0.29) is 17.8 Å². The van der Waals surface area contributed by atoms with E-state index in [0.717, 1.165) is 24.9 Å². The van der Waals surface area contributed by atoms with E-state index in [1.807, 2.05) is 0 Å². The summed E-state index contributed by atoms with van der Waals surface area (Å²) in [5, 5.41) is 3.42. The van der Waals surface area contributed by atoms with E-state index >= 15 is 0 Å². The molecular formula is C18H23ClN2O4. The van der Waals surface area contributed by atoms with Crippen LogP contribution in [0.25, 0.3) is 0 Å². The molecule has 0 aromatic heterocycles. The van der Waals surface area contributed by atoms with E-state index in [1.54, 1.807) is 29.2 Å². The summed E-state index contributed by atoms with van der Waals surface area (Å²) in [6, 6.07) is 7.02. The molecule has 1 aliphatic heterocycles. The van der Waals surface area contributed by atoms with Crippen molar-refractivity contribution < 1.29 is 19.1 Å². The molecule has 1 aromatic carbocycles. The van der Waals surface area contributed by atoms with Crippen molar-refractivity contribution in [3.8, 4) is 0 Å². The summed E-state index contributed by atoms with van der Waals surface area (Å²) in [6.07, 6.45) is 3.22. The van der Waals surface area contributed by atoms with E-state index in [1.165, 1.54) is 7.11 Å². The van der Waals surface area contributed by atoms with Crippen LogP contribution in [0.15, 0.2) is 24.3 Å². The first-order chi connectivity index (χ1) is 12.0. The van der Waals surface area contributed by atoms with Crippen molar-refractivity contribution >= 4 is 35.1 Å². The van der Waals surface area contributed by atoms with Gasteiger partial charge in [-0.05, 0) is 43.5 Å². The number of carbonyl (C=O) groups excluding carboxylic acids is 3. The number of carbonyl (C=O) groups is 3. The highest BCUT2D eigenvalue weighted by atomic mass is 35.5. The molecule has 1 N–H and O–H groups in total. The number of hydrogen-bond acceptors (Lipinski definition) is 4. The summed E-state index contributed by atoms with van der Waals surface area (Å²) in [4.78, 5) is 37.3. The molecule has 2 rings (SSSR count). The van der Waals surface area contributed by atoms with Crippen molar-refractivity contribution in [2.75, 3.05) is 25.1 Å². The summed E-state index contributed by atoms with van der Waals surface area (Å²) in [5.74, 6) is -1.26. The number of esters is 1. The first kappa shape index (κ1) is 19.2. The van der Waals surface area contributed by atoms with Gasteiger partial charge in [-0.15, -0.1) is 0 Å². The Balaban J connectivity index is 1.73. The van der Waals surface area contributed by atoms with Crippen LogP contribution in [0.3, 0.4) is 0 Å². The Labute approximate surface area is 152 Å². The molecule has 0 unspecified atom stereocenters. The lowest BCUT2D eigenvalue weighted by Crippen LogP contribution is -2.37. The second kappa shape index (κ2) is 9.42. The van der Waals surface area contributed by atoms with Crippen LogP contribution in [0.5, 0.6) is 0 Å². The van der Waals surface area contributed by atoms with E-state index in [9.17, 15) is 14.4 Å². The van der Waals surface area contributed by atoms with Gasteiger partial charge in [-0.3, -0.25) is 14.4 Å². The van der Waals surface area contributed by atoms with Crippen LogP contribution in [0.2, 0.25) is 5.02 Å². The second-order valence-electron chi connectivity index (χ2n) is 5.99. The highest BCUT2D eigenvalue weighted by molar-refractivity contribution is 6.30. The highest BCUT2D eigenvalue weighted by Crippen LogP contribution is 2.26. The lowest BCUT2D eigenvalue weighted by atomic mass is 10.1. The minimum absolute atomic E-state index is 0.175. The number of methoxy groups -OCH3 is 1. The zero-order valence-corrected chi connectivity index (χ0v) is 15.1. The van der Waals surface area contributed by atoms with E-state index in [0.29, 0.717) is 31.0 Å². The zero-order chi connectivity index (χ0) is 18.2. The van der Waals surface area contributed by atoms with Crippen molar-refractivity contribution in [2.24, 2.45) is 5.92 Å². The van der Waals surface area contributed by atoms with Gasteiger partial charge in [0.05, 0.1) is 7.11 Å². The van der Waals surface area contributed by atoms with Crippen LogP contribution in [-0.4, -0.2) is 38.0 Å². The van der Waals surface area contributed by atoms with E-state index in [4.69, 9.17) is 11.6 Å². The number of nitrogens with one attached hydrogen (secondary N) is 1. The van der Waals surface area contributed by atoms with Crippen LogP contribution in [0.1, 0.15) is 32.1 Å². The summed E-state index contributed by atoms with van der Waals surface area (Å²) in [7, 11) is 1.37. The van der Waals surface area contributed by atoms with Crippen molar-refractivity contribution in [3.63, 3.8) is 0 Å². The van der Waals surface area contributed by atoms with Gasteiger partial charge in [0.1, 0.15) is 5.92 Å². The van der Waals surface area contributed by atoms with Gasteiger partial charge < -0.3 is 15.0 Å². The quantitative estimate of drug-likeness (QED) is 0.436. The average Bonchev–Trinajstić information content (AvgIpc) is 2.99. The van der Waals surface area contributed by atoms with Crippen LogP contribution in [0.4, 0.5) is 5.69 Å². The maximum absolute atomic E-state index is 12.5. The number of halogens is 1. The SMILES string of the molecule is COC(=O)CCCCCNC(=O)[C@@H]1CCN(c2ccc(Cl)cc2)C1=O. The van der Waals surface area contributed by atoms with Gasteiger partial charge in [-0.25, -0.2) is 0 Å². The third-order valence-electron chi connectivity index (χ3n) is 4.24. The topological polar surface area (TPSA) is 75.7 Å². The number of ether oxygens (including phenoxy) is 1. The molecule has 1 heterocycles. The van der Waals surface area contributed by atoms with Gasteiger partial charge in [0.25, 0.3) is 0 Å². The average molecular weight is 367 g/mol. The van der Waals surface area contributed by atoms with Gasteiger partial charge in [0.15, 0.2) is 0 Å². The number of nitrogens with zero attached hydrogens (tertiary/aromatic N) is 1. The van der Waals surface area contributed by atoms with Gasteiger partial charge in [0.2, 0.25) is 11.8 Å². The Hall–Kier alpha value is -2.08. The number of anilines is 1. The van der Waals surface area contributed by atoms with Crippen LogP contribution in [-0.2, 0) is 19.1 Å². The van der Waals surface area contributed by atoms with Crippen molar-refractivity contribution in [1.82, 2.24) is 5.32 Å². The zero-order valence-electron chi connectivity index (χ0n) is 14.3. The van der Waals surface area contributed by atoms with Gasteiger partial charge >= 0.3 is 5.97 Å². The molecule has 7 heteroatoms. The van der Waals surface area contributed by atoms with Crippen LogP contribution >= 0.6 is 11.6 Å². The van der Waals surface area contributed by atoms with Crippen molar-refractivity contribution in [3.05, 3.63) is 29.3 Å². The van der Waals surface area contributed by atoms with Gasteiger partial charge in [-0.1, -0.05) is 18.0 Å². The maximum atomic E-state index is 12.5. The molecule has 0 bridgehead atoms. The standard InChI is InChI=1S/C18H23ClN2O4/c1-25-16(22)5-3-2-4-11-20-17(23)15-10-12-21(18(15)24)14-8-6-13(19)7-9-14/h6-9,15H,2-5,10-12H2,1H3,(H,20,23)/t15-/m0/s1. The molecule has 1 aliphatic rings. The molecule has 0 aliphatic carbocycles. The van der Waals surface area contributed by atoms with Gasteiger partial charge in [0, 0.05) is 30.2 Å². The number of hydrogen-bond donors (Lipinski definition) is 1. The third-order valence-corrected chi connectivity index (χ3v) is 4.50. The predicted octanol–water partition coefficient (Wildman–Crippen LogP) is 2.54. The Bertz CT molecular complexity index is 618.